The van der Waals surface area contributed by atoms with E-state index in [-0.39, 0.29) is 34.5 Å². The Kier molecular flexibility index (Phi) is 15.8. The van der Waals surface area contributed by atoms with Crippen molar-refractivity contribution in [3.63, 3.8) is 0 Å². The van der Waals surface area contributed by atoms with Crippen LogP contribution in [-0.2, 0) is 30.0 Å². The third-order valence-electron chi connectivity index (χ3n) is 14.7. The van der Waals surface area contributed by atoms with Crippen molar-refractivity contribution >= 4 is 34.9 Å². The van der Waals surface area contributed by atoms with Crippen molar-refractivity contribution in [3.8, 4) is 0 Å². The molecular weight excluding hydrogens is 781 g/mol. The molecule has 340 valence electrons. The van der Waals surface area contributed by atoms with Gasteiger partial charge in [0, 0.05) is 60.6 Å². The minimum Gasteiger partial charge on any atom is -0.458 e. The van der Waals surface area contributed by atoms with E-state index < -0.39 is 11.5 Å². The summed E-state index contributed by atoms with van der Waals surface area (Å²) in [5.41, 5.74) is 9.86. The minimum absolute atomic E-state index is 0.0150. The number of fused-ring (bicyclic) bond motifs is 2. The number of anilines is 1. The number of amides is 2. The molecule has 0 spiro atoms. The number of hydrogen-bond acceptors (Lipinski definition) is 5. The molecule has 0 aromatic heterocycles. The third-order valence-corrected chi connectivity index (χ3v) is 14.7. The molecule has 6 rings (SSSR count). The van der Waals surface area contributed by atoms with Gasteiger partial charge in [-0.25, -0.2) is 0 Å². The lowest BCUT2D eigenvalue weighted by molar-refractivity contribution is -0.401. The Morgan fingerprint density at radius 2 is 1.54 bits per heavy atom. The molecule has 63 heavy (non-hydrogen) atoms. The first-order valence-electron chi connectivity index (χ1n) is 24.2. The number of hydrogen-bond donors (Lipinski definition) is 2. The summed E-state index contributed by atoms with van der Waals surface area (Å²) in [4.78, 5) is 40.6. The first kappa shape index (κ1) is 47.8. The van der Waals surface area contributed by atoms with Crippen LogP contribution < -0.4 is 15.5 Å². The number of esters is 1. The third kappa shape index (κ3) is 11.3. The number of nitrogens with zero attached hydrogens (tertiary/aromatic N) is 2. The van der Waals surface area contributed by atoms with Gasteiger partial charge in [-0.1, -0.05) is 102 Å². The molecular formula is C55H77N4O4+. The zero-order valence-electron chi connectivity index (χ0n) is 40.1. The molecule has 2 heterocycles. The number of unbranched alkanes of at least 4 members (excludes halogenated alkanes) is 5. The highest BCUT2D eigenvalue weighted by Gasteiger charge is 2.46. The molecule has 1 fully saturated rings. The van der Waals surface area contributed by atoms with Crippen molar-refractivity contribution in [2.24, 2.45) is 17.8 Å². The van der Waals surface area contributed by atoms with Crippen LogP contribution in [-0.4, -0.2) is 60.4 Å². The molecule has 0 saturated heterocycles. The number of benzene rings is 2. The monoisotopic (exact) mass is 858 g/mol. The molecule has 0 bridgehead atoms. The van der Waals surface area contributed by atoms with Crippen molar-refractivity contribution < 1.29 is 23.7 Å². The van der Waals surface area contributed by atoms with Gasteiger partial charge in [-0.15, -0.1) is 0 Å². The van der Waals surface area contributed by atoms with E-state index in [1.54, 1.807) is 0 Å². The Bertz CT molecular complexity index is 2140. The van der Waals surface area contributed by atoms with Gasteiger partial charge in [0.2, 0.25) is 17.5 Å². The van der Waals surface area contributed by atoms with Gasteiger partial charge in [0.1, 0.15) is 12.6 Å². The molecule has 2 amide bonds. The van der Waals surface area contributed by atoms with E-state index in [9.17, 15) is 14.4 Å². The first-order valence-corrected chi connectivity index (χ1v) is 24.2. The normalized spacial score (nSPS) is 22.4. The number of ether oxygens (including phenoxy) is 1. The van der Waals surface area contributed by atoms with Crippen LogP contribution in [0.15, 0.2) is 95.8 Å². The van der Waals surface area contributed by atoms with E-state index in [2.05, 4.69) is 141 Å². The predicted octanol–water partition coefficient (Wildman–Crippen LogP) is 11.3. The number of carbonyl (C=O) groups excluding carboxylic acids is 3. The van der Waals surface area contributed by atoms with E-state index in [0.29, 0.717) is 31.8 Å². The lowest BCUT2D eigenvalue weighted by atomic mass is 9.81. The highest BCUT2D eigenvalue weighted by molar-refractivity contribution is 6.03. The van der Waals surface area contributed by atoms with Crippen LogP contribution in [0, 0.1) is 17.8 Å². The second kappa shape index (κ2) is 20.9. The van der Waals surface area contributed by atoms with Crippen molar-refractivity contribution in [2.75, 3.05) is 31.6 Å². The predicted molar refractivity (Wildman–Crippen MR) is 259 cm³/mol. The van der Waals surface area contributed by atoms with Crippen molar-refractivity contribution in [1.82, 2.24) is 10.6 Å². The molecule has 1 saturated carbocycles. The summed E-state index contributed by atoms with van der Waals surface area (Å²) in [5, 5.41) is 6.16. The summed E-state index contributed by atoms with van der Waals surface area (Å²) < 4.78 is 8.19. The fraction of sp³-hybridized carbons (Fsp3) is 0.564. The highest BCUT2D eigenvalue weighted by Crippen LogP contribution is 2.48. The molecule has 8 nitrogen and oxygen atoms in total. The Morgan fingerprint density at radius 3 is 2.24 bits per heavy atom. The molecule has 8 heteroatoms. The summed E-state index contributed by atoms with van der Waals surface area (Å²) in [6, 6.07) is 17.6. The number of para-hydroxylation sites is 2. The van der Waals surface area contributed by atoms with Gasteiger partial charge in [-0.2, -0.15) is 4.58 Å². The first-order chi connectivity index (χ1) is 30.1. The van der Waals surface area contributed by atoms with Gasteiger partial charge in [0.15, 0.2) is 5.71 Å². The lowest BCUT2D eigenvalue weighted by Gasteiger charge is -2.33. The van der Waals surface area contributed by atoms with Gasteiger partial charge in [0.25, 0.3) is 0 Å². The Morgan fingerprint density at radius 1 is 0.873 bits per heavy atom. The van der Waals surface area contributed by atoms with Crippen LogP contribution in [0.1, 0.15) is 150 Å². The fourth-order valence-corrected chi connectivity index (χ4v) is 9.91. The van der Waals surface area contributed by atoms with Gasteiger partial charge in [-0.05, 0) is 120 Å². The fourth-order valence-electron chi connectivity index (χ4n) is 9.91. The van der Waals surface area contributed by atoms with Gasteiger partial charge in [0.05, 0.1) is 17.3 Å². The smallest absolute Gasteiger partial charge is 0.309 e. The van der Waals surface area contributed by atoms with E-state index in [4.69, 9.17) is 4.74 Å². The van der Waals surface area contributed by atoms with E-state index in [1.807, 2.05) is 20.8 Å². The van der Waals surface area contributed by atoms with Crippen molar-refractivity contribution in [2.45, 2.75) is 155 Å². The van der Waals surface area contributed by atoms with Crippen LogP contribution in [0.3, 0.4) is 0 Å². The molecule has 4 unspecified atom stereocenters. The molecule has 4 aliphatic rings. The number of nitrogens with one attached hydrogen (secondary N) is 2. The number of carbonyl (C=O) groups is 3. The topological polar surface area (TPSA) is 90.8 Å². The second-order valence-corrected chi connectivity index (χ2v) is 20.1. The highest BCUT2D eigenvalue weighted by atomic mass is 16.6. The van der Waals surface area contributed by atoms with Crippen LogP contribution in [0.4, 0.5) is 11.4 Å². The average Bonchev–Trinajstić information content (AvgIpc) is 3.92. The van der Waals surface area contributed by atoms with Gasteiger partial charge in [-0.3, -0.25) is 14.4 Å². The van der Waals surface area contributed by atoms with E-state index in [1.165, 1.54) is 45.1 Å². The number of rotatable bonds is 21. The van der Waals surface area contributed by atoms with Crippen LogP contribution in [0.25, 0.3) is 0 Å². The summed E-state index contributed by atoms with van der Waals surface area (Å²) >= 11 is 0. The quantitative estimate of drug-likeness (QED) is 0.0741. The lowest BCUT2D eigenvalue weighted by Crippen LogP contribution is -2.46. The molecule has 0 radical (unpaired) electrons. The number of allylic oxidation sites excluding steroid dienone is 8. The SMILES string of the molecule is CCC(C)(OC(=O)C1CC1C)C(C)C(=O)NCCCCCCNC(=O)CCCCCN1C(=CC=C2C=C(C=CC3=[N+](C)c4ccccc4C3(C)C)CCC2)C(C)(C)c2ccccc21. The Labute approximate surface area is 379 Å². The van der Waals surface area contributed by atoms with Crippen molar-refractivity contribution in [3.05, 3.63) is 107 Å². The average molecular weight is 858 g/mol. The van der Waals surface area contributed by atoms with Gasteiger partial charge < -0.3 is 20.3 Å². The zero-order chi connectivity index (χ0) is 45.4. The van der Waals surface area contributed by atoms with E-state index >= 15 is 0 Å². The van der Waals surface area contributed by atoms with Crippen LogP contribution in [0.5, 0.6) is 0 Å². The zero-order valence-corrected chi connectivity index (χ0v) is 40.1. The molecule has 2 aromatic rings. The largest absolute Gasteiger partial charge is 0.458 e. The minimum atomic E-state index is -0.798. The van der Waals surface area contributed by atoms with E-state index in [0.717, 1.165) is 77.2 Å². The Balaban J connectivity index is 0.912. The molecule has 2 N–H and O–H groups in total. The molecule has 2 aliphatic heterocycles. The Hall–Kier alpha value is -4.72. The molecule has 2 aromatic carbocycles. The summed E-state index contributed by atoms with van der Waals surface area (Å²) in [6.07, 6.45) is 23.9. The van der Waals surface area contributed by atoms with Gasteiger partial charge >= 0.3 is 5.97 Å². The summed E-state index contributed by atoms with van der Waals surface area (Å²) in [7, 11) is 2.19. The van der Waals surface area contributed by atoms with Crippen LogP contribution >= 0.6 is 0 Å². The molecule has 4 atom stereocenters. The summed E-state index contributed by atoms with van der Waals surface area (Å²) in [5.74, 6) is -0.161. The van der Waals surface area contributed by atoms with Crippen molar-refractivity contribution in [1.29, 1.82) is 0 Å². The maximum atomic E-state index is 12.9. The summed E-state index contributed by atoms with van der Waals surface area (Å²) in [6.45, 7) is 19.3. The molecule has 2 aliphatic carbocycles. The van der Waals surface area contributed by atoms with Crippen LogP contribution in [0.2, 0.25) is 0 Å². The maximum Gasteiger partial charge on any atom is 0.309 e. The maximum absolute atomic E-state index is 12.9. The second-order valence-electron chi connectivity index (χ2n) is 20.1. The standard InChI is InChI=1S/C55H76N4O4/c1-10-55(8,63-52(62)43-37-39(43)2)40(3)51(61)57-35-20-12-11-19-34-56-50(60)29-14-13-21-36-59-47-28-18-16-26-45(47)54(6,7)49(59)33-31-42-24-22-23-41(38-42)30-32-48-53(4,5)44-25-15-17-27-46(44)58(48)9/h15-18,25-28,30-33,38-40,43H,10-14,19-24,29,34-37H2,1-9H3,(H-,56,57,60,61)/p+1.